The van der Waals surface area contributed by atoms with Crippen molar-refractivity contribution in [2.75, 3.05) is 13.0 Å². The van der Waals surface area contributed by atoms with Crippen LogP contribution in [0, 0.1) is 11.8 Å². The Hall–Kier alpha value is 0.250. The molecule has 0 fully saturated rings. The summed E-state index contributed by atoms with van der Waals surface area (Å²) >= 11 is 5.94. The van der Waals surface area contributed by atoms with E-state index < -0.39 is 0 Å². The first-order valence-electron chi connectivity index (χ1n) is 5.52. The van der Waals surface area contributed by atoms with Gasteiger partial charge in [0.05, 0.1) is 5.60 Å². The smallest absolute Gasteiger partial charge is 0.0622 e. The maximum Gasteiger partial charge on any atom is 0.0622 e. The highest BCUT2D eigenvalue weighted by Gasteiger charge is 2.19. The van der Waals surface area contributed by atoms with Crippen molar-refractivity contribution in [3.05, 3.63) is 0 Å². The number of hydrogen-bond acceptors (Lipinski definition) is 1. The van der Waals surface area contributed by atoms with Crippen LogP contribution in [0.2, 0.25) is 0 Å². The highest BCUT2D eigenvalue weighted by atomic mass is 35.5. The van der Waals surface area contributed by atoms with Gasteiger partial charge in [0.15, 0.2) is 0 Å². The van der Waals surface area contributed by atoms with E-state index in [2.05, 4.69) is 27.7 Å². The Morgan fingerprint density at radius 3 is 2.21 bits per heavy atom. The van der Waals surface area contributed by atoms with Gasteiger partial charge in [0.25, 0.3) is 0 Å². The average Bonchev–Trinajstić information content (AvgIpc) is 2.12. The Morgan fingerprint density at radius 2 is 1.86 bits per heavy atom. The Morgan fingerprint density at radius 1 is 1.29 bits per heavy atom. The standard InChI is InChI=1S/C12H25ClO/c1-10(2)8-11(9-13)6-7-12(3,4)14-5/h10-11H,6-9H2,1-5H3. The van der Waals surface area contributed by atoms with Gasteiger partial charge in [-0.25, -0.2) is 0 Å². The summed E-state index contributed by atoms with van der Waals surface area (Å²) in [6.07, 6.45) is 3.49. The molecule has 2 heteroatoms. The Labute approximate surface area is 94.2 Å². The molecule has 0 spiro atoms. The largest absolute Gasteiger partial charge is 0.379 e. The molecule has 0 rings (SSSR count). The van der Waals surface area contributed by atoms with Crippen LogP contribution < -0.4 is 0 Å². The summed E-state index contributed by atoms with van der Waals surface area (Å²) in [7, 11) is 1.78. The first kappa shape index (κ1) is 14.2. The molecule has 1 nitrogen and oxygen atoms in total. The van der Waals surface area contributed by atoms with E-state index in [1.165, 1.54) is 12.8 Å². The second kappa shape index (κ2) is 6.68. The molecule has 14 heavy (non-hydrogen) atoms. The fourth-order valence-corrected chi connectivity index (χ4v) is 1.86. The van der Waals surface area contributed by atoms with Crippen molar-refractivity contribution < 1.29 is 4.74 Å². The second-order valence-electron chi connectivity index (χ2n) is 5.15. The van der Waals surface area contributed by atoms with E-state index in [-0.39, 0.29) is 5.60 Å². The first-order valence-corrected chi connectivity index (χ1v) is 6.06. The van der Waals surface area contributed by atoms with Crippen LogP contribution >= 0.6 is 11.6 Å². The van der Waals surface area contributed by atoms with Crippen molar-refractivity contribution in [2.24, 2.45) is 11.8 Å². The van der Waals surface area contributed by atoms with E-state index in [0.29, 0.717) is 5.92 Å². The molecule has 0 N–H and O–H groups in total. The maximum absolute atomic E-state index is 5.94. The molecule has 0 bridgehead atoms. The molecule has 0 aromatic carbocycles. The number of alkyl halides is 1. The van der Waals surface area contributed by atoms with E-state index >= 15 is 0 Å². The zero-order chi connectivity index (χ0) is 11.2. The van der Waals surface area contributed by atoms with Gasteiger partial charge in [-0.15, -0.1) is 11.6 Å². The van der Waals surface area contributed by atoms with Crippen LogP contribution in [-0.4, -0.2) is 18.6 Å². The van der Waals surface area contributed by atoms with E-state index in [9.17, 15) is 0 Å². The minimum Gasteiger partial charge on any atom is -0.379 e. The van der Waals surface area contributed by atoms with Gasteiger partial charge >= 0.3 is 0 Å². The van der Waals surface area contributed by atoms with Gasteiger partial charge in [0, 0.05) is 13.0 Å². The fourth-order valence-electron chi connectivity index (χ4n) is 1.58. The average molecular weight is 221 g/mol. The van der Waals surface area contributed by atoms with Crippen LogP contribution in [0.15, 0.2) is 0 Å². The highest BCUT2D eigenvalue weighted by molar-refractivity contribution is 6.18. The molecule has 0 amide bonds. The minimum atomic E-state index is 0.00128. The molecule has 1 atom stereocenters. The Balaban J connectivity index is 3.83. The fraction of sp³-hybridized carbons (Fsp3) is 1.00. The van der Waals surface area contributed by atoms with Crippen molar-refractivity contribution >= 4 is 11.6 Å². The van der Waals surface area contributed by atoms with Crippen LogP contribution in [0.4, 0.5) is 0 Å². The monoisotopic (exact) mass is 220 g/mol. The van der Waals surface area contributed by atoms with Gasteiger partial charge in [-0.2, -0.15) is 0 Å². The number of rotatable bonds is 7. The lowest BCUT2D eigenvalue weighted by atomic mass is 9.90. The van der Waals surface area contributed by atoms with E-state index in [1.807, 2.05) is 0 Å². The van der Waals surface area contributed by atoms with E-state index in [4.69, 9.17) is 16.3 Å². The molecule has 0 heterocycles. The predicted molar refractivity (Wildman–Crippen MR) is 64.0 cm³/mol. The minimum absolute atomic E-state index is 0.00128. The lowest BCUT2D eigenvalue weighted by Gasteiger charge is -2.25. The molecular weight excluding hydrogens is 196 g/mol. The predicted octanol–water partition coefficient (Wildman–Crippen LogP) is 4.09. The summed E-state index contributed by atoms with van der Waals surface area (Å²) in [5.74, 6) is 2.16. The zero-order valence-electron chi connectivity index (χ0n) is 10.3. The lowest BCUT2D eigenvalue weighted by Crippen LogP contribution is -2.24. The molecule has 0 saturated carbocycles. The molecule has 1 unspecified atom stereocenters. The normalized spacial score (nSPS) is 14.8. The summed E-state index contributed by atoms with van der Waals surface area (Å²) < 4.78 is 5.39. The van der Waals surface area contributed by atoms with Gasteiger partial charge < -0.3 is 4.74 Å². The summed E-state index contributed by atoms with van der Waals surface area (Å²) in [4.78, 5) is 0. The van der Waals surface area contributed by atoms with Crippen LogP contribution in [-0.2, 0) is 4.74 Å². The molecule has 0 aromatic heterocycles. The van der Waals surface area contributed by atoms with Crippen LogP contribution in [0.1, 0.15) is 47.0 Å². The van der Waals surface area contributed by atoms with E-state index in [1.54, 1.807) is 7.11 Å². The van der Waals surface area contributed by atoms with Gasteiger partial charge in [-0.1, -0.05) is 13.8 Å². The highest BCUT2D eigenvalue weighted by Crippen LogP contribution is 2.24. The first-order chi connectivity index (χ1) is 6.41. The third kappa shape index (κ3) is 6.67. The second-order valence-corrected chi connectivity index (χ2v) is 5.46. The SMILES string of the molecule is COC(C)(C)CCC(CCl)CC(C)C. The number of methoxy groups -OCH3 is 1. The maximum atomic E-state index is 5.94. The quantitative estimate of drug-likeness (QED) is 0.588. The zero-order valence-corrected chi connectivity index (χ0v) is 11.0. The third-order valence-corrected chi connectivity index (χ3v) is 3.17. The summed E-state index contributed by atoms with van der Waals surface area (Å²) in [6, 6.07) is 0. The van der Waals surface area contributed by atoms with Gasteiger partial charge in [-0.3, -0.25) is 0 Å². The number of ether oxygens (including phenoxy) is 1. The molecule has 0 aliphatic rings. The Kier molecular flexibility index (Phi) is 6.80. The molecule has 0 aromatic rings. The van der Waals surface area contributed by atoms with Crippen molar-refractivity contribution in [3.63, 3.8) is 0 Å². The Bertz CT molecular complexity index is 143. The van der Waals surface area contributed by atoms with Gasteiger partial charge in [-0.05, 0) is 44.9 Å². The molecule has 86 valence electrons. The molecular formula is C12H25ClO. The van der Waals surface area contributed by atoms with Crippen LogP contribution in [0.25, 0.3) is 0 Å². The molecule has 0 aliphatic heterocycles. The summed E-state index contributed by atoms with van der Waals surface area (Å²) in [6.45, 7) is 8.77. The molecule has 0 saturated heterocycles. The number of halogens is 1. The van der Waals surface area contributed by atoms with Crippen molar-refractivity contribution in [1.29, 1.82) is 0 Å². The summed E-state index contributed by atoms with van der Waals surface area (Å²) in [5, 5.41) is 0. The van der Waals surface area contributed by atoms with E-state index in [0.717, 1.165) is 18.2 Å². The van der Waals surface area contributed by atoms with Crippen molar-refractivity contribution in [1.82, 2.24) is 0 Å². The molecule has 0 aliphatic carbocycles. The van der Waals surface area contributed by atoms with Crippen molar-refractivity contribution in [3.8, 4) is 0 Å². The third-order valence-electron chi connectivity index (χ3n) is 2.73. The van der Waals surface area contributed by atoms with Gasteiger partial charge in [0.2, 0.25) is 0 Å². The summed E-state index contributed by atoms with van der Waals surface area (Å²) in [5.41, 5.74) is 0.00128. The molecule has 0 radical (unpaired) electrons. The van der Waals surface area contributed by atoms with Gasteiger partial charge in [0.1, 0.15) is 0 Å². The lowest BCUT2D eigenvalue weighted by molar-refractivity contribution is 0.0104. The van der Waals surface area contributed by atoms with Crippen molar-refractivity contribution in [2.45, 2.75) is 52.6 Å². The topological polar surface area (TPSA) is 9.23 Å². The number of hydrogen-bond donors (Lipinski definition) is 0. The van der Waals surface area contributed by atoms with Crippen LogP contribution in [0.3, 0.4) is 0 Å². The van der Waals surface area contributed by atoms with Crippen LogP contribution in [0.5, 0.6) is 0 Å².